The molecule has 0 aromatic heterocycles. The Kier molecular flexibility index (Phi) is 11.4. The van der Waals surface area contributed by atoms with E-state index in [1.54, 1.807) is 6.92 Å². The van der Waals surface area contributed by atoms with Crippen molar-refractivity contribution in [2.75, 3.05) is 6.61 Å². The van der Waals surface area contributed by atoms with E-state index in [4.69, 9.17) is 5.73 Å². The average Bonchev–Trinajstić information content (AvgIpc) is 2.30. The largest absolute Gasteiger partial charge is 0.394 e. The zero-order valence-electron chi connectivity index (χ0n) is 13.1. The van der Waals surface area contributed by atoms with Crippen molar-refractivity contribution in [1.29, 1.82) is 0 Å². The summed E-state index contributed by atoms with van der Waals surface area (Å²) in [5.74, 6) is 0.496. The van der Waals surface area contributed by atoms with E-state index in [1.807, 2.05) is 0 Å². The van der Waals surface area contributed by atoms with Gasteiger partial charge >= 0.3 is 0 Å². The molecule has 0 radical (unpaired) electrons. The van der Waals surface area contributed by atoms with Crippen LogP contribution in [0.3, 0.4) is 0 Å². The smallest absolute Gasteiger partial charge is 0.220 e. The molecule has 20 heavy (non-hydrogen) atoms. The van der Waals surface area contributed by atoms with Gasteiger partial charge in [0.05, 0.1) is 18.2 Å². The molecule has 0 aromatic rings. The zero-order valence-corrected chi connectivity index (χ0v) is 13.9. The van der Waals surface area contributed by atoms with Gasteiger partial charge in [0.15, 0.2) is 0 Å². The number of aliphatic hydroxyl groups excluding tert-OH is 1. The van der Waals surface area contributed by atoms with E-state index in [2.05, 4.69) is 19.2 Å². The normalized spacial score (nSPS) is 17.0. The van der Waals surface area contributed by atoms with Crippen molar-refractivity contribution in [2.45, 2.75) is 71.1 Å². The number of carbonyl (C=O) groups is 1. The lowest BCUT2D eigenvalue weighted by Crippen LogP contribution is -2.60. The van der Waals surface area contributed by atoms with Crippen LogP contribution in [0.25, 0.3) is 0 Å². The van der Waals surface area contributed by atoms with Crippen LogP contribution < -0.4 is 11.1 Å². The van der Waals surface area contributed by atoms with Crippen LogP contribution in [0.2, 0.25) is 0 Å². The van der Waals surface area contributed by atoms with Crippen LogP contribution in [0.15, 0.2) is 0 Å². The third kappa shape index (κ3) is 8.04. The van der Waals surface area contributed by atoms with Gasteiger partial charge in [0.25, 0.3) is 0 Å². The summed E-state index contributed by atoms with van der Waals surface area (Å²) in [7, 11) is 0. The molecule has 0 bridgehead atoms. The van der Waals surface area contributed by atoms with Crippen molar-refractivity contribution in [2.24, 2.45) is 11.7 Å². The lowest BCUT2D eigenvalue weighted by Gasteiger charge is -2.35. The Morgan fingerprint density at radius 1 is 1.30 bits per heavy atom. The number of nitrogens with one attached hydrogen (secondary N) is 1. The molecule has 0 unspecified atom stereocenters. The Bertz CT molecular complexity index is 271. The highest BCUT2D eigenvalue weighted by Gasteiger charge is 2.36. The topological polar surface area (TPSA) is 95.6 Å². The molecule has 6 heteroatoms. The summed E-state index contributed by atoms with van der Waals surface area (Å²) in [5.41, 5.74) is 4.35. The number of nitrogens with two attached hydrogens (primary N) is 1. The van der Waals surface area contributed by atoms with Crippen molar-refractivity contribution < 1.29 is 15.0 Å². The summed E-state index contributed by atoms with van der Waals surface area (Å²) < 4.78 is 0. The maximum Gasteiger partial charge on any atom is 0.220 e. The fraction of sp³-hybridized carbons (Fsp3) is 0.929. The van der Waals surface area contributed by atoms with Crippen molar-refractivity contribution in [3.8, 4) is 0 Å². The molecule has 0 heterocycles. The average molecular weight is 311 g/mol. The molecule has 0 saturated heterocycles. The van der Waals surface area contributed by atoms with Gasteiger partial charge in [-0.05, 0) is 26.2 Å². The second-order valence-corrected chi connectivity index (χ2v) is 5.96. The first-order chi connectivity index (χ1) is 8.71. The van der Waals surface area contributed by atoms with E-state index in [9.17, 15) is 15.0 Å². The Labute approximate surface area is 128 Å². The molecule has 0 fully saturated rings. The minimum Gasteiger partial charge on any atom is -0.394 e. The van der Waals surface area contributed by atoms with Gasteiger partial charge in [0.2, 0.25) is 5.91 Å². The van der Waals surface area contributed by atoms with E-state index >= 15 is 0 Å². The molecule has 5 nitrogen and oxygen atoms in total. The molecule has 3 atom stereocenters. The number of unbranched alkanes of at least 4 members (excludes halogenated alkanes) is 1. The first kappa shape index (κ1) is 21.9. The van der Waals surface area contributed by atoms with Gasteiger partial charge in [-0.1, -0.05) is 26.7 Å². The van der Waals surface area contributed by atoms with Crippen LogP contribution in [0.5, 0.6) is 0 Å². The molecular weight excluding hydrogens is 280 g/mol. The maximum atomic E-state index is 11.8. The Balaban J connectivity index is 0. The number of carbonyl (C=O) groups excluding carboxylic acids is 1. The standard InChI is InChI=1S/C14H30N2O3.ClH/c1-10(2)7-5-6-8-13(18)16-12(9-17)14(4,19)11(3)15;/h10-12,17,19H,5-9,15H2,1-4H3,(H,16,18);1H/t11-,12+,14-;/m0./s1. The molecule has 1 amide bonds. The van der Waals surface area contributed by atoms with Crippen LogP contribution in [0.1, 0.15) is 53.4 Å². The molecule has 0 aliphatic heterocycles. The minimum atomic E-state index is -1.32. The molecule has 0 aliphatic rings. The van der Waals surface area contributed by atoms with Crippen molar-refractivity contribution in [3.63, 3.8) is 0 Å². The summed E-state index contributed by atoms with van der Waals surface area (Å²) >= 11 is 0. The minimum absolute atomic E-state index is 0. The highest BCUT2D eigenvalue weighted by molar-refractivity contribution is 5.85. The maximum absolute atomic E-state index is 11.8. The monoisotopic (exact) mass is 310 g/mol. The van der Waals surface area contributed by atoms with E-state index in [0.717, 1.165) is 19.3 Å². The van der Waals surface area contributed by atoms with Gasteiger partial charge in [0, 0.05) is 12.5 Å². The molecule has 0 aliphatic carbocycles. The van der Waals surface area contributed by atoms with E-state index < -0.39 is 17.7 Å². The number of rotatable bonds is 9. The van der Waals surface area contributed by atoms with Gasteiger partial charge in [-0.15, -0.1) is 12.4 Å². The molecule has 0 rings (SSSR count). The molecule has 5 N–H and O–H groups in total. The SMILES string of the molecule is CC(C)CCCCC(=O)N[C@H](CO)[C@@](C)(O)[C@H](C)N.Cl. The first-order valence-corrected chi connectivity index (χ1v) is 7.10. The van der Waals surface area contributed by atoms with Gasteiger partial charge in [-0.25, -0.2) is 0 Å². The van der Waals surface area contributed by atoms with Gasteiger partial charge in [-0.3, -0.25) is 4.79 Å². The van der Waals surface area contributed by atoms with Crippen LogP contribution >= 0.6 is 12.4 Å². The third-order valence-corrected chi connectivity index (χ3v) is 3.58. The predicted molar refractivity (Wildman–Crippen MR) is 83.8 cm³/mol. The summed E-state index contributed by atoms with van der Waals surface area (Å²) in [6.07, 6.45) is 3.35. The number of amides is 1. The molecular formula is C14H31ClN2O3. The fourth-order valence-corrected chi connectivity index (χ4v) is 1.80. The van der Waals surface area contributed by atoms with Crippen molar-refractivity contribution >= 4 is 18.3 Å². The van der Waals surface area contributed by atoms with E-state index in [0.29, 0.717) is 12.3 Å². The van der Waals surface area contributed by atoms with Crippen molar-refractivity contribution in [3.05, 3.63) is 0 Å². The highest BCUT2D eigenvalue weighted by Crippen LogP contribution is 2.14. The second-order valence-electron chi connectivity index (χ2n) is 5.96. The third-order valence-electron chi connectivity index (χ3n) is 3.58. The summed E-state index contributed by atoms with van der Waals surface area (Å²) in [6.45, 7) is 7.16. The van der Waals surface area contributed by atoms with Crippen LogP contribution in [-0.2, 0) is 4.79 Å². The second kappa shape index (κ2) is 10.4. The molecule has 0 aromatic carbocycles. The first-order valence-electron chi connectivity index (χ1n) is 7.10. The Morgan fingerprint density at radius 3 is 2.25 bits per heavy atom. The number of hydrogen-bond donors (Lipinski definition) is 4. The zero-order chi connectivity index (χ0) is 15.1. The lowest BCUT2D eigenvalue weighted by molar-refractivity contribution is -0.125. The van der Waals surface area contributed by atoms with Crippen LogP contribution in [0, 0.1) is 5.92 Å². The summed E-state index contributed by atoms with van der Waals surface area (Å²) in [6, 6.07) is -1.27. The van der Waals surface area contributed by atoms with Crippen LogP contribution in [0.4, 0.5) is 0 Å². The van der Waals surface area contributed by atoms with Gasteiger partial charge < -0.3 is 21.3 Å². The van der Waals surface area contributed by atoms with Gasteiger partial charge in [-0.2, -0.15) is 0 Å². The highest BCUT2D eigenvalue weighted by atomic mass is 35.5. The van der Waals surface area contributed by atoms with Gasteiger partial charge in [0.1, 0.15) is 0 Å². The molecule has 122 valence electrons. The van der Waals surface area contributed by atoms with Crippen LogP contribution in [-0.4, -0.2) is 40.4 Å². The molecule has 0 spiro atoms. The number of aliphatic hydroxyl groups is 2. The Hall–Kier alpha value is -0.360. The quantitative estimate of drug-likeness (QED) is 0.481. The van der Waals surface area contributed by atoms with Crippen molar-refractivity contribution in [1.82, 2.24) is 5.32 Å². The van der Waals surface area contributed by atoms with E-state index in [-0.39, 0.29) is 24.9 Å². The summed E-state index contributed by atoms with van der Waals surface area (Å²) in [5, 5.41) is 22.1. The fourth-order valence-electron chi connectivity index (χ4n) is 1.80. The Morgan fingerprint density at radius 2 is 1.85 bits per heavy atom. The lowest BCUT2D eigenvalue weighted by atomic mass is 9.90. The number of halogens is 1. The van der Waals surface area contributed by atoms with E-state index in [1.165, 1.54) is 6.92 Å². The predicted octanol–water partition coefficient (Wildman–Crippen LogP) is 1.20. The number of hydrogen-bond acceptors (Lipinski definition) is 4. The molecule has 0 saturated carbocycles. The summed E-state index contributed by atoms with van der Waals surface area (Å²) in [4.78, 5) is 11.8.